The number of amides is 1. The first-order valence-electron chi connectivity index (χ1n) is 7.36. The molecule has 1 atom stereocenters. The predicted molar refractivity (Wildman–Crippen MR) is 87.5 cm³/mol. The lowest BCUT2D eigenvalue weighted by atomic mass is 10.2. The first-order chi connectivity index (χ1) is 11.0. The fraction of sp³-hybridized carbons (Fsp3) is 0.235. The molecule has 0 aromatic heterocycles. The molecule has 120 valence electrons. The van der Waals surface area contributed by atoms with E-state index >= 15 is 0 Å². The van der Waals surface area contributed by atoms with E-state index in [0.29, 0.717) is 17.7 Å². The van der Waals surface area contributed by atoms with Gasteiger partial charge in [0.25, 0.3) is 5.91 Å². The van der Waals surface area contributed by atoms with Crippen LogP contribution in [-0.2, 0) is 9.84 Å². The first kappa shape index (κ1) is 15.6. The van der Waals surface area contributed by atoms with Crippen LogP contribution in [0.15, 0.2) is 54.6 Å². The van der Waals surface area contributed by atoms with Crippen LogP contribution in [0.4, 0.5) is 0 Å². The third-order valence-electron chi connectivity index (χ3n) is 3.66. The van der Waals surface area contributed by atoms with Crippen molar-refractivity contribution in [1.29, 1.82) is 0 Å². The Hall–Kier alpha value is -2.34. The Balaban J connectivity index is 1.62. The topological polar surface area (TPSA) is 72.5 Å². The Morgan fingerprint density at radius 1 is 1.00 bits per heavy atom. The van der Waals surface area contributed by atoms with Crippen molar-refractivity contribution in [3.05, 3.63) is 60.2 Å². The van der Waals surface area contributed by atoms with Gasteiger partial charge in [-0.3, -0.25) is 4.79 Å². The van der Waals surface area contributed by atoms with E-state index in [-0.39, 0.29) is 23.5 Å². The average molecular weight is 331 g/mol. The minimum Gasteiger partial charge on any atom is -0.457 e. The van der Waals surface area contributed by atoms with Gasteiger partial charge < -0.3 is 10.1 Å². The van der Waals surface area contributed by atoms with Crippen LogP contribution >= 0.6 is 0 Å². The minimum absolute atomic E-state index is 0.0218. The number of sulfone groups is 1. The summed E-state index contributed by atoms with van der Waals surface area (Å²) in [5.41, 5.74) is 0.481. The number of para-hydroxylation sites is 1. The fourth-order valence-electron chi connectivity index (χ4n) is 2.48. The lowest BCUT2D eigenvalue weighted by Crippen LogP contribution is -2.35. The molecule has 1 heterocycles. The maximum atomic E-state index is 12.1. The molecule has 1 saturated heterocycles. The molecule has 2 aromatic rings. The summed E-state index contributed by atoms with van der Waals surface area (Å²) in [6.45, 7) is 0. The summed E-state index contributed by atoms with van der Waals surface area (Å²) < 4.78 is 28.5. The molecule has 0 radical (unpaired) electrons. The second-order valence-electron chi connectivity index (χ2n) is 5.51. The van der Waals surface area contributed by atoms with Crippen LogP contribution in [0.2, 0.25) is 0 Å². The summed E-state index contributed by atoms with van der Waals surface area (Å²) in [6, 6.07) is 15.8. The van der Waals surface area contributed by atoms with Crippen molar-refractivity contribution in [1.82, 2.24) is 5.32 Å². The van der Waals surface area contributed by atoms with Crippen molar-refractivity contribution >= 4 is 15.7 Å². The van der Waals surface area contributed by atoms with E-state index in [4.69, 9.17) is 4.74 Å². The average Bonchev–Trinajstić information content (AvgIpc) is 2.88. The summed E-state index contributed by atoms with van der Waals surface area (Å²) in [5.74, 6) is 1.26. The van der Waals surface area contributed by atoms with Crippen molar-refractivity contribution in [2.45, 2.75) is 12.5 Å². The molecule has 23 heavy (non-hydrogen) atoms. The number of benzene rings is 2. The van der Waals surface area contributed by atoms with E-state index in [1.807, 2.05) is 30.3 Å². The lowest BCUT2D eigenvalue weighted by Gasteiger charge is -2.11. The Kier molecular flexibility index (Phi) is 4.34. The summed E-state index contributed by atoms with van der Waals surface area (Å²) in [4.78, 5) is 12.1. The third-order valence-corrected chi connectivity index (χ3v) is 5.43. The van der Waals surface area contributed by atoms with Crippen LogP contribution in [0.5, 0.6) is 11.5 Å². The number of hydrogen-bond donors (Lipinski definition) is 1. The van der Waals surface area contributed by atoms with E-state index in [0.717, 1.165) is 5.75 Å². The molecule has 1 N–H and O–H groups in total. The van der Waals surface area contributed by atoms with E-state index in [1.54, 1.807) is 24.3 Å². The lowest BCUT2D eigenvalue weighted by molar-refractivity contribution is 0.0941. The quantitative estimate of drug-likeness (QED) is 0.934. The second-order valence-corrected chi connectivity index (χ2v) is 7.74. The minimum atomic E-state index is -3.00. The fourth-order valence-corrected chi connectivity index (χ4v) is 4.15. The van der Waals surface area contributed by atoms with Gasteiger partial charge in [-0.05, 0) is 42.8 Å². The van der Waals surface area contributed by atoms with Gasteiger partial charge in [0.05, 0.1) is 11.5 Å². The number of carbonyl (C=O) groups excluding carboxylic acids is 1. The Bertz CT molecular complexity index is 785. The first-order valence-corrected chi connectivity index (χ1v) is 9.18. The zero-order valence-corrected chi connectivity index (χ0v) is 13.3. The van der Waals surface area contributed by atoms with Crippen LogP contribution in [0, 0.1) is 0 Å². The number of ether oxygens (including phenoxy) is 1. The largest absolute Gasteiger partial charge is 0.457 e. The van der Waals surface area contributed by atoms with E-state index in [1.165, 1.54) is 0 Å². The van der Waals surface area contributed by atoms with Crippen LogP contribution in [0.25, 0.3) is 0 Å². The molecule has 5 nitrogen and oxygen atoms in total. The van der Waals surface area contributed by atoms with Gasteiger partial charge in [-0.25, -0.2) is 8.42 Å². The van der Waals surface area contributed by atoms with E-state index in [2.05, 4.69) is 5.32 Å². The molecule has 1 amide bonds. The standard InChI is InChI=1S/C17H17NO4S/c19-17(18-14-10-11-23(20,21)12-14)13-6-8-16(9-7-13)22-15-4-2-1-3-5-15/h1-9,14H,10-12H2,(H,18,19). The van der Waals surface area contributed by atoms with Crippen molar-refractivity contribution in [2.24, 2.45) is 0 Å². The van der Waals surface area contributed by atoms with Gasteiger partial charge in [0.1, 0.15) is 11.5 Å². The number of rotatable bonds is 4. The van der Waals surface area contributed by atoms with Gasteiger partial charge in [0, 0.05) is 11.6 Å². The normalized spacial score (nSPS) is 19.2. The Morgan fingerprint density at radius 2 is 1.65 bits per heavy atom. The molecule has 1 fully saturated rings. The highest BCUT2D eigenvalue weighted by Gasteiger charge is 2.29. The molecule has 0 saturated carbocycles. The number of carbonyl (C=O) groups is 1. The summed E-state index contributed by atoms with van der Waals surface area (Å²) in [7, 11) is -3.00. The predicted octanol–water partition coefficient (Wildman–Crippen LogP) is 2.40. The van der Waals surface area contributed by atoms with Gasteiger partial charge >= 0.3 is 0 Å². The van der Waals surface area contributed by atoms with Crippen molar-refractivity contribution in [3.8, 4) is 11.5 Å². The van der Waals surface area contributed by atoms with E-state index in [9.17, 15) is 13.2 Å². The van der Waals surface area contributed by atoms with Gasteiger partial charge in [0.2, 0.25) is 0 Å². The SMILES string of the molecule is O=C(NC1CCS(=O)(=O)C1)c1ccc(Oc2ccccc2)cc1. The molecule has 1 unspecified atom stereocenters. The number of nitrogens with one attached hydrogen (secondary N) is 1. The molecule has 1 aliphatic heterocycles. The Labute approximate surface area is 135 Å². The molecule has 0 aliphatic carbocycles. The highest BCUT2D eigenvalue weighted by Crippen LogP contribution is 2.21. The van der Waals surface area contributed by atoms with Crippen LogP contribution in [-0.4, -0.2) is 31.9 Å². The monoisotopic (exact) mass is 331 g/mol. The third kappa shape index (κ3) is 4.10. The highest BCUT2D eigenvalue weighted by molar-refractivity contribution is 7.91. The van der Waals surface area contributed by atoms with Gasteiger partial charge in [0.15, 0.2) is 9.84 Å². The molecule has 2 aromatic carbocycles. The maximum absolute atomic E-state index is 12.1. The molecule has 0 bridgehead atoms. The number of hydrogen-bond acceptors (Lipinski definition) is 4. The molecule has 3 rings (SSSR count). The zero-order chi connectivity index (χ0) is 16.3. The van der Waals surface area contributed by atoms with Crippen molar-refractivity contribution in [2.75, 3.05) is 11.5 Å². The second kappa shape index (κ2) is 6.42. The zero-order valence-electron chi connectivity index (χ0n) is 12.4. The van der Waals surface area contributed by atoms with Crippen molar-refractivity contribution in [3.63, 3.8) is 0 Å². The van der Waals surface area contributed by atoms with Crippen LogP contribution in [0.1, 0.15) is 16.8 Å². The molecule has 1 aliphatic rings. The summed E-state index contributed by atoms with van der Waals surface area (Å²) >= 11 is 0. The van der Waals surface area contributed by atoms with Crippen LogP contribution < -0.4 is 10.1 Å². The summed E-state index contributed by atoms with van der Waals surface area (Å²) in [6.07, 6.45) is 0.475. The molecular weight excluding hydrogens is 314 g/mol. The van der Waals surface area contributed by atoms with Gasteiger partial charge in [-0.2, -0.15) is 0 Å². The molecular formula is C17H17NO4S. The molecule has 0 spiro atoms. The maximum Gasteiger partial charge on any atom is 0.251 e. The van der Waals surface area contributed by atoms with Crippen molar-refractivity contribution < 1.29 is 17.9 Å². The van der Waals surface area contributed by atoms with Gasteiger partial charge in [-0.15, -0.1) is 0 Å². The smallest absolute Gasteiger partial charge is 0.251 e. The highest BCUT2D eigenvalue weighted by atomic mass is 32.2. The van der Waals surface area contributed by atoms with E-state index < -0.39 is 9.84 Å². The summed E-state index contributed by atoms with van der Waals surface area (Å²) in [5, 5.41) is 2.76. The van der Waals surface area contributed by atoms with Crippen LogP contribution in [0.3, 0.4) is 0 Å². The Morgan fingerprint density at radius 3 is 2.26 bits per heavy atom. The molecule has 6 heteroatoms. The van der Waals surface area contributed by atoms with Gasteiger partial charge in [-0.1, -0.05) is 18.2 Å².